The first-order valence-electron chi connectivity index (χ1n) is 10.8. The van der Waals surface area contributed by atoms with E-state index in [4.69, 9.17) is 9.72 Å². The van der Waals surface area contributed by atoms with E-state index < -0.39 is 0 Å². The number of thioether (sulfide) groups is 1. The highest BCUT2D eigenvalue weighted by molar-refractivity contribution is 7.98. The molecule has 1 aromatic heterocycles. The maximum absolute atomic E-state index is 13.1. The molecule has 2 heterocycles. The standard InChI is InChI=1S/C24H27N3O3S/c1-2-30-16-6-15-27-23(29)20-7-3-4-8-21(20)25-24(27)31-17-18-10-12-19(13-11-18)26-14-5-9-22(26)28/h3-4,7-8,10-13H,2,5-6,9,14-17H2,1H3. The van der Waals surface area contributed by atoms with Crippen LogP contribution in [0.1, 0.15) is 31.7 Å². The van der Waals surface area contributed by atoms with Crippen LogP contribution in [-0.2, 0) is 21.8 Å². The second kappa shape index (κ2) is 10.1. The largest absolute Gasteiger partial charge is 0.382 e. The first-order chi connectivity index (χ1) is 15.2. The van der Waals surface area contributed by atoms with Crippen LogP contribution in [0.15, 0.2) is 58.5 Å². The fourth-order valence-corrected chi connectivity index (χ4v) is 4.75. The maximum Gasteiger partial charge on any atom is 0.262 e. The van der Waals surface area contributed by atoms with Crippen LogP contribution in [0.5, 0.6) is 0 Å². The molecular weight excluding hydrogens is 410 g/mol. The van der Waals surface area contributed by atoms with Crippen LogP contribution in [0.3, 0.4) is 0 Å². The highest BCUT2D eigenvalue weighted by Gasteiger charge is 2.21. The number of rotatable bonds is 9. The Labute approximate surface area is 186 Å². The summed E-state index contributed by atoms with van der Waals surface area (Å²) in [6.07, 6.45) is 2.32. The quantitative estimate of drug-likeness (QED) is 0.285. The van der Waals surface area contributed by atoms with E-state index in [-0.39, 0.29) is 11.5 Å². The fourth-order valence-electron chi connectivity index (χ4n) is 3.77. The van der Waals surface area contributed by atoms with Crippen molar-refractivity contribution in [2.45, 2.75) is 43.6 Å². The Bertz CT molecular complexity index is 1110. The number of fused-ring (bicyclic) bond motifs is 1. The zero-order valence-electron chi connectivity index (χ0n) is 17.8. The first kappa shape index (κ1) is 21.6. The Morgan fingerprint density at radius 2 is 1.90 bits per heavy atom. The molecule has 1 aliphatic heterocycles. The minimum absolute atomic E-state index is 0.00695. The lowest BCUT2D eigenvalue weighted by atomic mass is 10.2. The van der Waals surface area contributed by atoms with Crippen LogP contribution in [0.4, 0.5) is 5.69 Å². The summed E-state index contributed by atoms with van der Waals surface area (Å²) in [5.41, 5.74) is 2.79. The molecule has 1 aliphatic rings. The topological polar surface area (TPSA) is 64.4 Å². The summed E-state index contributed by atoms with van der Waals surface area (Å²) in [7, 11) is 0. The molecule has 4 rings (SSSR count). The average molecular weight is 438 g/mol. The van der Waals surface area contributed by atoms with Crippen molar-refractivity contribution in [1.29, 1.82) is 0 Å². The van der Waals surface area contributed by atoms with Gasteiger partial charge in [0.05, 0.1) is 10.9 Å². The lowest BCUT2D eigenvalue weighted by Crippen LogP contribution is -2.24. The van der Waals surface area contributed by atoms with Gasteiger partial charge in [0, 0.05) is 44.2 Å². The van der Waals surface area contributed by atoms with Gasteiger partial charge in [0.1, 0.15) is 0 Å². The molecule has 7 heteroatoms. The number of hydrogen-bond acceptors (Lipinski definition) is 5. The minimum Gasteiger partial charge on any atom is -0.382 e. The third-order valence-corrected chi connectivity index (χ3v) is 6.44. The summed E-state index contributed by atoms with van der Waals surface area (Å²) >= 11 is 1.56. The number of ether oxygens (including phenoxy) is 1. The molecule has 0 unspecified atom stereocenters. The SMILES string of the molecule is CCOCCCn1c(SCc2ccc(N3CCCC3=O)cc2)nc2ccccc2c1=O. The van der Waals surface area contributed by atoms with E-state index in [9.17, 15) is 9.59 Å². The molecule has 0 atom stereocenters. The summed E-state index contributed by atoms with van der Waals surface area (Å²) in [6, 6.07) is 15.6. The third kappa shape index (κ3) is 4.99. The van der Waals surface area contributed by atoms with Crippen molar-refractivity contribution in [2.75, 3.05) is 24.7 Å². The Hall–Kier alpha value is -2.64. The van der Waals surface area contributed by atoms with Crippen LogP contribution in [-0.4, -0.2) is 35.2 Å². The molecule has 162 valence electrons. The molecule has 1 saturated heterocycles. The molecule has 2 aromatic carbocycles. The highest BCUT2D eigenvalue weighted by atomic mass is 32.2. The predicted molar refractivity (Wildman–Crippen MR) is 125 cm³/mol. The summed E-state index contributed by atoms with van der Waals surface area (Å²) in [5, 5.41) is 1.36. The first-order valence-corrected chi connectivity index (χ1v) is 11.8. The van der Waals surface area contributed by atoms with E-state index in [1.165, 1.54) is 0 Å². The van der Waals surface area contributed by atoms with Gasteiger partial charge in [-0.15, -0.1) is 0 Å². The molecule has 0 radical (unpaired) electrons. The van der Waals surface area contributed by atoms with Crippen molar-refractivity contribution >= 4 is 34.3 Å². The van der Waals surface area contributed by atoms with E-state index in [0.717, 1.165) is 41.3 Å². The van der Waals surface area contributed by atoms with Gasteiger partial charge in [0.2, 0.25) is 5.91 Å². The molecular formula is C24H27N3O3S. The van der Waals surface area contributed by atoms with Crippen molar-refractivity contribution < 1.29 is 9.53 Å². The lowest BCUT2D eigenvalue weighted by Gasteiger charge is -2.16. The molecule has 0 bridgehead atoms. The predicted octanol–water partition coefficient (Wildman–Crippen LogP) is 4.24. The van der Waals surface area contributed by atoms with Gasteiger partial charge in [-0.1, -0.05) is 36.0 Å². The molecule has 1 amide bonds. The van der Waals surface area contributed by atoms with E-state index >= 15 is 0 Å². The Balaban J connectivity index is 1.52. The number of carbonyl (C=O) groups is 1. The number of aromatic nitrogens is 2. The van der Waals surface area contributed by atoms with Gasteiger partial charge in [0.25, 0.3) is 5.56 Å². The number of amides is 1. The summed E-state index contributed by atoms with van der Waals surface area (Å²) in [6.45, 7) is 4.63. The van der Waals surface area contributed by atoms with E-state index in [1.54, 1.807) is 16.3 Å². The normalized spacial score (nSPS) is 14.0. The Morgan fingerprint density at radius 1 is 1.10 bits per heavy atom. The molecule has 0 spiro atoms. The zero-order valence-corrected chi connectivity index (χ0v) is 18.6. The van der Waals surface area contributed by atoms with Gasteiger partial charge >= 0.3 is 0 Å². The van der Waals surface area contributed by atoms with Crippen LogP contribution in [0, 0.1) is 0 Å². The highest BCUT2D eigenvalue weighted by Crippen LogP contribution is 2.26. The van der Waals surface area contributed by atoms with Gasteiger partial charge < -0.3 is 9.64 Å². The molecule has 0 N–H and O–H groups in total. The number of anilines is 1. The smallest absolute Gasteiger partial charge is 0.262 e. The molecule has 0 aliphatic carbocycles. The van der Waals surface area contributed by atoms with Crippen LogP contribution < -0.4 is 10.5 Å². The van der Waals surface area contributed by atoms with E-state index in [2.05, 4.69) is 0 Å². The van der Waals surface area contributed by atoms with Gasteiger partial charge in [0.15, 0.2) is 5.16 Å². The van der Waals surface area contributed by atoms with Gasteiger partial charge in [-0.05, 0) is 49.6 Å². The Kier molecular flexibility index (Phi) is 7.04. The van der Waals surface area contributed by atoms with Gasteiger partial charge in [-0.2, -0.15) is 0 Å². The molecule has 1 fully saturated rings. The lowest BCUT2D eigenvalue weighted by molar-refractivity contribution is -0.117. The van der Waals surface area contributed by atoms with E-state index in [1.807, 2.05) is 60.4 Å². The van der Waals surface area contributed by atoms with Crippen LogP contribution >= 0.6 is 11.8 Å². The number of nitrogens with zero attached hydrogens (tertiary/aromatic N) is 3. The zero-order chi connectivity index (χ0) is 21.6. The molecule has 3 aromatic rings. The number of para-hydroxylation sites is 1. The van der Waals surface area contributed by atoms with Crippen molar-refractivity contribution in [3.8, 4) is 0 Å². The van der Waals surface area contributed by atoms with Gasteiger partial charge in [-0.25, -0.2) is 4.98 Å². The number of carbonyl (C=O) groups excluding carboxylic acids is 1. The summed E-state index contributed by atoms with van der Waals surface area (Å²) < 4.78 is 7.21. The van der Waals surface area contributed by atoms with E-state index in [0.29, 0.717) is 37.3 Å². The number of benzene rings is 2. The molecule has 0 saturated carbocycles. The molecule has 31 heavy (non-hydrogen) atoms. The van der Waals surface area contributed by atoms with Gasteiger partial charge in [-0.3, -0.25) is 14.2 Å². The second-order valence-corrected chi connectivity index (χ2v) is 8.47. The number of hydrogen-bond donors (Lipinski definition) is 0. The fraction of sp³-hybridized carbons (Fsp3) is 0.375. The van der Waals surface area contributed by atoms with Crippen molar-refractivity contribution in [3.05, 3.63) is 64.4 Å². The van der Waals surface area contributed by atoms with Crippen molar-refractivity contribution in [3.63, 3.8) is 0 Å². The van der Waals surface area contributed by atoms with Crippen LogP contribution in [0.25, 0.3) is 10.9 Å². The summed E-state index contributed by atoms with van der Waals surface area (Å²) in [4.78, 5) is 31.6. The minimum atomic E-state index is -0.00695. The second-order valence-electron chi connectivity index (χ2n) is 7.52. The Morgan fingerprint density at radius 3 is 2.65 bits per heavy atom. The van der Waals surface area contributed by atoms with Crippen molar-refractivity contribution in [1.82, 2.24) is 9.55 Å². The maximum atomic E-state index is 13.1. The summed E-state index contributed by atoms with van der Waals surface area (Å²) in [5.74, 6) is 0.892. The third-order valence-electron chi connectivity index (χ3n) is 5.39. The van der Waals surface area contributed by atoms with Crippen LogP contribution in [0.2, 0.25) is 0 Å². The average Bonchev–Trinajstić information content (AvgIpc) is 3.23. The molecule has 6 nitrogen and oxygen atoms in total. The van der Waals surface area contributed by atoms with Crippen molar-refractivity contribution in [2.24, 2.45) is 0 Å². The monoisotopic (exact) mass is 437 g/mol.